The Morgan fingerprint density at radius 2 is 2.05 bits per heavy atom. The van der Waals surface area contributed by atoms with E-state index >= 15 is 0 Å². The molecule has 3 nitrogen and oxygen atoms in total. The van der Waals surface area contributed by atoms with Crippen LogP contribution >= 0.6 is 0 Å². The zero-order valence-electron chi connectivity index (χ0n) is 12.3. The Bertz CT molecular complexity index is 796. The van der Waals surface area contributed by atoms with Crippen molar-refractivity contribution in [2.45, 2.75) is 25.4 Å². The molecule has 3 heterocycles. The van der Waals surface area contributed by atoms with Gasteiger partial charge in [0.15, 0.2) is 0 Å². The van der Waals surface area contributed by atoms with E-state index in [0.717, 1.165) is 30.6 Å². The first-order valence-corrected chi connectivity index (χ1v) is 7.72. The lowest BCUT2D eigenvalue weighted by atomic mass is 10.1. The van der Waals surface area contributed by atoms with Gasteiger partial charge in [-0.2, -0.15) is 0 Å². The molecule has 3 aromatic rings. The topological polar surface area (TPSA) is 20.5 Å². The van der Waals surface area contributed by atoms with Crippen molar-refractivity contribution in [2.24, 2.45) is 0 Å². The van der Waals surface area contributed by atoms with Crippen LogP contribution < -0.4 is 0 Å². The van der Waals surface area contributed by atoms with Crippen molar-refractivity contribution in [3.05, 3.63) is 71.9 Å². The summed E-state index contributed by atoms with van der Waals surface area (Å²) in [6.45, 7) is 1.66. The van der Waals surface area contributed by atoms with E-state index in [2.05, 4.69) is 26.4 Å². The number of nitrogens with zero attached hydrogens (tertiary/aromatic N) is 3. The van der Waals surface area contributed by atoms with Crippen LogP contribution in [-0.4, -0.2) is 20.8 Å². The van der Waals surface area contributed by atoms with Gasteiger partial charge >= 0.3 is 0 Å². The Hall–Kier alpha value is -2.20. The monoisotopic (exact) mass is 295 g/mol. The Balaban J connectivity index is 1.67. The van der Waals surface area contributed by atoms with Gasteiger partial charge in [-0.05, 0) is 37.6 Å². The summed E-state index contributed by atoms with van der Waals surface area (Å²) in [4.78, 5) is 6.73. The molecule has 1 fully saturated rings. The Morgan fingerprint density at radius 1 is 1.14 bits per heavy atom. The Morgan fingerprint density at radius 3 is 2.95 bits per heavy atom. The zero-order chi connectivity index (χ0) is 14.9. The van der Waals surface area contributed by atoms with E-state index < -0.39 is 0 Å². The molecule has 2 aromatic heterocycles. The molecule has 0 amide bonds. The molecule has 4 heteroatoms. The molecule has 1 atom stereocenters. The van der Waals surface area contributed by atoms with E-state index in [4.69, 9.17) is 0 Å². The first-order valence-electron chi connectivity index (χ1n) is 7.72. The van der Waals surface area contributed by atoms with Gasteiger partial charge in [0.2, 0.25) is 0 Å². The lowest BCUT2D eigenvalue weighted by molar-refractivity contribution is 0.240. The summed E-state index contributed by atoms with van der Waals surface area (Å²) in [7, 11) is 0. The van der Waals surface area contributed by atoms with Gasteiger partial charge in [-0.15, -0.1) is 0 Å². The number of pyridine rings is 1. The number of likely N-dealkylation sites (tertiary alicyclic amines) is 1. The van der Waals surface area contributed by atoms with Crippen LogP contribution in [0.5, 0.6) is 0 Å². The summed E-state index contributed by atoms with van der Waals surface area (Å²) >= 11 is 0. The van der Waals surface area contributed by atoms with Gasteiger partial charge in [-0.1, -0.05) is 24.3 Å². The quantitative estimate of drug-likeness (QED) is 0.732. The molecule has 0 saturated carbocycles. The van der Waals surface area contributed by atoms with Crippen molar-refractivity contribution in [2.75, 3.05) is 6.54 Å². The van der Waals surface area contributed by atoms with Crippen molar-refractivity contribution in [3.63, 3.8) is 0 Å². The number of hydrogen-bond donors (Lipinski definition) is 0. The molecule has 22 heavy (non-hydrogen) atoms. The van der Waals surface area contributed by atoms with Crippen LogP contribution in [0.25, 0.3) is 5.65 Å². The van der Waals surface area contributed by atoms with Crippen molar-refractivity contribution in [3.8, 4) is 0 Å². The van der Waals surface area contributed by atoms with Gasteiger partial charge in [0.1, 0.15) is 11.5 Å². The van der Waals surface area contributed by atoms with Crippen molar-refractivity contribution >= 4 is 5.65 Å². The second-order valence-electron chi connectivity index (χ2n) is 5.83. The van der Waals surface area contributed by atoms with Gasteiger partial charge in [0.05, 0.1) is 6.04 Å². The second-order valence-corrected chi connectivity index (χ2v) is 5.83. The highest BCUT2D eigenvalue weighted by molar-refractivity contribution is 5.40. The number of halogens is 1. The molecule has 0 aliphatic carbocycles. The van der Waals surface area contributed by atoms with Crippen molar-refractivity contribution < 1.29 is 4.39 Å². The molecule has 1 aromatic carbocycles. The van der Waals surface area contributed by atoms with Gasteiger partial charge < -0.3 is 4.40 Å². The summed E-state index contributed by atoms with van der Waals surface area (Å²) in [5, 5.41) is 0. The van der Waals surface area contributed by atoms with Crippen molar-refractivity contribution in [1.29, 1.82) is 0 Å². The fraction of sp³-hybridized carbons (Fsp3) is 0.278. The molecule has 1 aliphatic rings. The van der Waals surface area contributed by atoms with E-state index in [1.807, 2.05) is 30.6 Å². The summed E-state index contributed by atoms with van der Waals surface area (Å²) < 4.78 is 16.1. The number of aromatic nitrogens is 2. The van der Waals surface area contributed by atoms with Crippen LogP contribution in [0, 0.1) is 5.82 Å². The molecule has 0 unspecified atom stereocenters. The zero-order valence-corrected chi connectivity index (χ0v) is 12.3. The van der Waals surface area contributed by atoms with Crippen LogP contribution in [0.15, 0.2) is 54.9 Å². The average Bonchev–Trinajstić information content (AvgIpc) is 3.18. The third-order valence-electron chi connectivity index (χ3n) is 4.50. The summed E-state index contributed by atoms with van der Waals surface area (Å²) in [5.41, 5.74) is 2.98. The minimum Gasteiger partial charge on any atom is -0.302 e. The van der Waals surface area contributed by atoms with E-state index in [0.29, 0.717) is 12.6 Å². The normalized spacial score (nSPS) is 19.0. The van der Waals surface area contributed by atoms with Gasteiger partial charge in [0, 0.05) is 30.2 Å². The number of benzene rings is 1. The molecular weight excluding hydrogens is 277 g/mol. The Labute approximate surface area is 129 Å². The van der Waals surface area contributed by atoms with E-state index in [9.17, 15) is 4.39 Å². The predicted molar refractivity (Wildman–Crippen MR) is 84.0 cm³/mol. The van der Waals surface area contributed by atoms with Crippen LogP contribution in [0.4, 0.5) is 4.39 Å². The SMILES string of the molecule is Fc1ccccc1CN1CCC[C@H]1c1cccc2nccn12. The highest BCUT2D eigenvalue weighted by Crippen LogP contribution is 2.33. The first kappa shape index (κ1) is 13.5. The highest BCUT2D eigenvalue weighted by Gasteiger charge is 2.28. The smallest absolute Gasteiger partial charge is 0.136 e. The van der Waals surface area contributed by atoms with Crippen molar-refractivity contribution in [1.82, 2.24) is 14.3 Å². The molecule has 112 valence electrons. The molecule has 1 aliphatic heterocycles. The third-order valence-corrected chi connectivity index (χ3v) is 4.50. The van der Waals surface area contributed by atoms with E-state index in [1.165, 1.54) is 11.8 Å². The molecule has 0 bridgehead atoms. The van der Waals surface area contributed by atoms with Gasteiger partial charge in [0.25, 0.3) is 0 Å². The molecule has 0 N–H and O–H groups in total. The number of hydrogen-bond acceptors (Lipinski definition) is 2. The predicted octanol–water partition coefficient (Wildman–Crippen LogP) is 3.81. The lowest BCUT2D eigenvalue weighted by Gasteiger charge is -2.25. The summed E-state index contributed by atoms with van der Waals surface area (Å²) in [6, 6.07) is 13.6. The van der Waals surface area contributed by atoms with Gasteiger partial charge in [-0.25, -0.2) is 9.37 Å². The standard InChI is InChI=1S/C18H18FN3/c19-15-6-2-1-5-14(15)13-21-11-4-8-16(21)17-7-3-9-18-20-10-12-22(17)18/h1-3,5-7,9-10,12,16H,4,8,11,13H2/t16-/m0/s1. The molecule has 0 spiro atoms. The third kappa shape index (κ3) is 2.29. The maximum absolute atomic E-state index is 13.9. The van der Waals surface area contributed by atoms with Crippen LogP contribution in [0.1, 0.15) is 30.1 Å². The molecule has 1 saturated heterocycles. The summed E-state index contributed by atoms with van der Waals surface area (Å²) in [6.07, 6.45) is 6.08. The fourth-order valence-corrected chi connectivity index (χ4v) is 3.44. The number of rotatable bonds is 3. The number of fused-ring (bicyclic) bond motifs is 1. The van der Waals surface area contributed by atoms with E-state index in [-0.39, 0.29) is 5.82 Å². The Kier molecular flexibility index (Phi) is 3.39. The summed E-state index contributed by atoms with van der Waals surface area (Å²) in [5.74, 6) is -0.117. The fourth-order valence-electron chi connectivity index (χ4n) is 3.44. The molecule has 0 radical (unpaired) electrons. The lowest BCUT2D eigenvalue weighted by Crippen LogP contribution is -2.24. The van der Waals surface area contributed by atoms with Gasteiger partial charge in [-0.3, -0.25) is 4.90 Å². The van der Waals surface area contributed by atoms with Crippen LogP contribution in [0.2, 0.25) is 0 Å². The first-order chi connectivity index (χ1) is 10.8. The number of imidazole rings is 1. The van der Waals surface area contributed by atoms with E-state index in [1.54, 1.807) is 6.07 Å². The minimum absolute atomic E-state index is 0.117. The van der Waals surface area contributed by atoms with Crippen LogP contribution in [-0.2, 0) is 6.54 Å². The maximum atomic E-state index is 13.9. The minimum atomic E-state index is -0.117. The van der Waals surface area contributed by atoms with Crippen LogP contribution in [0.3, 0.4) is 0 Å². The largest absolute Gasteiger partial charge is 0.302 e. The highest BCUT2D eigenvalue weighted by atomic mass is 19.1. The maximum Gasteiger partial charge on any atom is 0.136 e. The molecule has 4 rings (SSSR count). The average molecular weight is 295 g/mol. The molecular formula is C18H18FN3. The second kappa shape index (κ2) is 5.54.